The zero-order valence-electron chi connectivity index (χ0n) is 31.8. The SMILES string of the molecule is Cc1sc(-c2cccnc2)nc1N1CCc2[nH]c(-c3c(F)cccc3F)c(I)c2C1.Cc1sc(-c2cccnc2)nc1N1CCc2[nH]c(-c3c(F)cccc3F)cc2C1. The highest BCUT2D eigenvalue weighted by molar-refractivity contribution is 14.1. The Morgan fingerprint density at radius 1 is 0.644 bits per heavy atom. The van der Waals surface area contributed by atoms with Gasteiger partial charge >= 0.3 is 0 Å². The van der Waals surface area contributed by atoms with E-state index in [4.69, 9.17) is 9.97 Å². The molecule has 0 radical (unpaired) electrons. The smallest absolute Gasteiger partial charge is 0.143 e. The first-order valence-corrected chi connectivity index (χ1v) is 21.6. The van der Waals surface area contributed by atoms with Crippen LogP contribution in [0.5, 0.6) is 0 Å². The van der Waals surface area contributed by atoms with Crippen molar-refractivity contribution in [2.45, 2.75) is 39.8 Å². The molecule has 8 aromatic rings. The van der Waals surface area contributed by atoms with Crippen LogP contribution < -0.4 is 9.80 Å². The summed E-state index contributed by atoms with van der Waals surface area (Å²) < 4.78 is 57.9. The van der Waals surface area contributed by atoms with Crippen LogP contribution in [-0.2, 0) is 25.9 Å². The highest BCUT2D eigenvalue weighted by Gasteiger charge is 2.29. The Morgan fingerprint density at radius 2 is 1.17 bits per heavy atom. The van der Waals surface area contributed by atoms with Gasteiger partial charge in [-0.15, -0.1) is 22.7 Å². The van der Waals surface area contributed by atoms with Crippen molar-refractivity contribution in [1.82, 2.24) is 29.9 Å². The van der Waals surface area contributed by atoms with Crippen molar-refractivity contribution < 1.29 is 17.6 Å². The highest BCUT2D eigenvalue weighted by atomic mass is 127. The number of hydrogen-bond donors (Lipinski definition) is 2. The van der Waals surface area contributed by atoms with Crippen molar-refractivity contribution in [3.63, 3.8) is 0 Å². The van der Waals surface area contributed by atoms with Gasteiger partial charge in [0.2, 0.25) is 0 Å². The van der Waals surface area contributed by atoms with Crippen molar-refractivity contribution in [3.05, 3.63) is 151 Å². The summed E-state index contributed by atoms with van der Waals surface area (Å²) in [4.78, 5) is 31.3. The summed E-state index contributed by atoms with van der Waals surface area (Å²) in [6.45, 7) is 7.03. The van der Waals surface area contributed by atoms with Crippen LogP contribution >= 0.6 is 45.3 Å². The Labute approximate surface area is 359 Å². The molecule has 0 aliphatic carbocycles. The number of nitrogens with one attached hydrogen (secondary N) is 2. The van der Waals surface area contributed by atoms with Gasteiger partial charge in [-0.2, -0.15) is 0 Å². The fourth-order valence-electron chi connectivity index (χ4n) is 7.64. The quantitative estimate of drug-likeness (QED) is 0.128. The number of hydrogen-bond acceptors (Lipinski definition) is 8. The molecule has 2 aliphatic heterocycles. The van der Waals surface area contributed by atoms with E-state index in [0.717, 1.165) is 94.5 Å². The van der Waals surface area contributed by atoms with E-state index in [9.17, 15) is 17.6 Å². The molecule has 0 fully saturated rings. The number of halogens is 5. The Kier molecular flexibility index (Phi) is 10.8. The van der Waals surface area contributed by atoms with E-state index in [1.54, 1.807) is 35.1 Å². The second-order valence-electron chi connectivity index (χ2n) is 14.3. The maximum Gasteiger partial charge on any atom is 0.143 e. The van der Waals surface area contributed by atoms with Crippen molar-refractivity contribution in [2.24, 2.45) is 0 Å². The molecule has 298 valence electrons. The molecule has 0 bridgehead atoms. The number of nitrogens with zero attached hydrogens (tertiary/aromatic N) is 6. The summed E-state index contributed by atoms with van der Waals surface area (Å²) in [6, 6.07) is 17.6. The predicted octanol–water partition coefficient (Wildman–Crippen LogP) is 11.3. The standard InChI is InChI=1S/C22H17F2IN4S.C22H18F2N4S/c1-12-21(28-22(30-12)13-4-3-8-26-10-13)29-9-7-17-14(11-29)19(25)20(27-17)18-15(23)5-2-6-16(18)24;1-13-21(27-22(29-13)14-4-3-8-25-11-14)28-9-7-18-15(12-28)10-19(26-18)20-16(23)5-2-6-17(20)24/h2-6,8,10,27H,7,9,11H2,1H3;2-6,8,10-11,26H,7,9,12H2,1H3. The van der Waals surface area contributed by atoms with E-state index in [2.05, 4.69) is 66.2 Å². The fourth-order valence-corrected chi connectivity index (χ4v) is 10.4. The van der Waals surface area contributed by atoms with Gasteiger partial charge < -0.3 is 19.8 Å². The fraction of sp³-hybridized carbons (Fsp3) is 0.182. The molecule has 8 nitrogen and oxygen atoms in total. The molecule has 15 heteroatoms. The predicted molar refractivity (Wildman–Crippen MR) is 235 cm³/mol. The summed E-state index contributed by atoms with van der Waals surface area (Å²) in [5.41, 5.74) is 7.20. The molecular weight excluding hydrogens is 908 g/mol. The zero-order chi connectivity index (χ0) is 40.8. The molecule has 0 saturated carbocycles. The molecule has 0 amide bonds. The summed E-state index contributed by atoms with van der Waals surface area (Å²) in [7, 11) is 0. The lowest BCUT2D eigenvalue weighted by Crippen LogP contribution is -2.31. The van der Waals surface area contributed by atoms with Crippen LogP contribution in [0.1, 0.15) is 32.3 Å². The summed E-state index contributed by atoms with van der Waals surface area (Å²) in [6.07, 6.45) is 8.67. The normalized spacial score (nSPS) is 13.5. The van der Waals surface area contributed by atoms with Crippen molar-refractivity contribution in [3.8, 4) is 43.7 Å². The third kappa shape index (κ3) is 7.66. The van der Waals surface area contributed by atoms with Crippen LogP contribution in [0.3, 0.4) is 0 Å². The zero-order valence-corrected chi connectivity index (χ0v) is 35.6. The first-order chi connectivity index (χ1) is 28.6. The highest BCUT2D eigenvalue weighted by Crippen LogP contribution is 2.40. The van der Waals surface area contributed by atoms with Crippen molar-refractivity contribution >= 4 is 56.9 Å². The summed E-state index contributed by atoms with van der Waals surface area (Å²) in [5, 5.41) is 1.89. The minimum atomic E-state index is -0.558. The number of aromatic amines is 2. The van der Waals surface area contributed by atoms with E-state index < -0.39 is 23.3 Å². The molecule has 59 heavy (non-hydrogen) atoms. The van der Waals surface area contributed by atoms with Gasteiger partial charge in [0, 0.05) is 105 Å². The molecular formula is C44H35F4IN8S2. The van der Waals surface area contributed by atoms with Gasteiger partial charge in [-0.3, -0.25) is 9.97 Å². The topological polar surface area (TPSA) is 89.6 Å². The van der Waals surface area contributed by atoms with Crippen LogP contribution in [0.4, 0.5) is 29.2 Å². The largest absolute Gasteiger partial charge is 0.358 e. The van der Waals surface area contributed by atoms with Crippen LogP contribution in [0.25, 0.3) is 43.7 Å². The van der Waals surface area contributed by atoms with Crippen LogP contribution in [0.15, 0.2) is 91.5 Å². The van der Waals surface area contributed by atoms with Crippen LogP contribution in [0.2, 0.25) is 0 Å². The van der Waals surface area contributed by atoms with Gasteiger partial charge in [-0.05, 0) is 96.6 Å². The number of thiazole rings is 2. The number of H-pyrrole nitrogens is 2. The maximum absolute atomic E-state index is 14.4. The van der Waals surface area contributed by atoms with Gasteiger partial charge in [0.15, 0.2) is 0 Å². The molecule has 8 heterocycles. The molecule has 2 aromatic carbocycles. The van der Waals surface area contributed by atoms with E-state index in [-0.39, 0.29) is 11.1 Å². The Morgan fingerprint density at radius 3 is 1.71 bits per heavy atom. The molecule has 2 aliphatic rings. The van der Waals surface area contributed by atoms with Crippen molar-refractivity contribution in [2.75, 3.05) is 22.9 Å². The average Bonchev–Trinajstić information content (AvgIpc) is 4.03. The third-order valence-corrected chi connectivity index (χ3v) is 13.7. The molecule has 0 saturated heterocycles. The number of aryl methyl sites for hydroxylation is 2. The van der Waals surface area contributed by atoms with Crippen molar-refractivity contribution in [1.29, 1.82) is 0 Å². The van der Waals surface area contributed by atoms with E-state index in [1.165, 1.54) is 36.4 Å². The van der Waals surface area contributed by atoms with Gasteiger partial charge in [-0.25, -0.2) is 27.5 Å². The minimum Gasteiger partial charge on any atom is -0.358 e. The average molecular weight is 943 g/mol. The number of fused-ring (bicyclic) bond motifs is 2. The number of anilines is 2. The number of aromatic nitrogens is 6. The van der Waals surface area contributed by atoms with Gasteiger partial charge in [0.25, 0.3) is 0 Å². The summed E-state index contributed by atoms with van der Waals surface area (Å²) in [5.74, 6) is -0.312. The first-order valence-electron chi connectivity index (χ1n) is 18.9. The van der Waals surface area contributed by atoms with Gasteiger partial charge in [-0.1, -0.05) is 12.1 Å². The Bertz CT molecular complexity index is 2760. The van der Waals surface area contributed by atoms with Crippen LogP contribution in [0, 0.1) is 40.7 Å². The van der Waals surface area contributed by atoms with Crippen LogP contribution in [-0.4, -0.2) is 43.0 Å². The second kappa shape index (κ2) is 16.3. The monoisotopic (exact) mass is 942 g/mol. The molecule has 0 spiro atoms. The van der Waals surface area contributed by atoms with E-state index >= 15 is 0 Å². The number of benzene rings is 2. The van der Waals surface area contributed by atoms with Gasteiger partial charge in [0.05, 0.1) is 22.5 Å². The maximum atomic E-state index is 14.4. The lowest BCUT2D eigenvalue weighted by atomic mass is 10.1. The molecule has 10 rings (SSSR count). The third-order valence-electron chi connectivity index (χ3n) is 10.5. The van der Waals surface area contributed by atoms with E-state index in [0.29, 0.717) is 24.5 Å². The summed E-state index contributed by atoms with van der Waals surface area (Å²) >= 11 is 5.49. The molecule has 0 atom stereocenters. The van der Waals surface area contributed by atoms with E-state index in [1.807, 2.05) is 42.7 Å². The Hall–Kier alpha value is -5.39. The number of pyridine rings is 2. The Balaban J connectivity index is 0.000000152. The minimum absolute atomic E-state index is 0.00264. The van der Waals surface area contributed by atoms with Gasteiger partial charge in [0.1, 0.15) is 44.9 Å². The number of rotatable bonds is 6. The molecule has 2 N–H and O–H groups in total. The second-order valence-corrected chi connectivity index (χ2v) is 17.8. The first kappa shape index (κ1) is 39.1. The lowest BCUT2D eigenvalue weighted by Gasteiger charge is -2.28. The lowest BCUT2D eigenvalue weighted by molar-refractivity contribution is 0.588. The molecule has 0 unspecified atom stereocenters. The molecule has 6 aromatic heterocycles.